The van der Waals surface area contributed by atoms with Gasteiger partial charge in [0, 0.05) is 31.0 Å². The van der Waals surface area contributed by atoms with E-state index >= 15 is 0 Å². The number of methoxy groups -OCH3 is 1. The summed E-state index contributed by atoms with van der Waals surface area (Å²) < 4.78 is 7.20. The first-order valence-corrected chi connectivity index (χ1v) is 6.94. The molecule has 1 unspecified atom stereocenters. The highest BCUT2D eigenvalue weighted by molar-refractivity contribution is 5.29. The normalized spacial score (nSPS) is 12.3. The van der Waals surface area contributed by atoms with E-state index in [4.69, 9.17) is 4.74 Å². The highest BCUT2D eigenvalue weighted by Crippen LogP contribution is 2.26. The lowest BCUT2D eigenvalue weighted by molar-refractivity contribution is 0.380. The Labute approximate surface area is 120 Å². The first-order valence-electron chi connectivity index (χ1n) is 6.94. The molecular weight excluding hydrogens is 252 g/mol. The van der Waals surface area contributed by atoms with Crippen LogP contribution < -0.4 is 10.1 Å². The second kappa shape index (κ2) is 7.05. The SMILES string of the molecule is CCNC(CCc1cnn(C)c1)c1cccnc1OC. The predicted molar refractivity (Wildman–Crippen MR) is 78.7 cm³/mol. The molecule has 0 aliphatic heterocycles. The van der Waals surface area contributed by atoms with E-state index in [0.29, 0.717) is 5.88 Å². The minimum absolute atomic E-state index is 0.240. The van der Waals surface area contributed by atoms with Crippen LogP contribution in [0.4, 0.5) is 0 Å². The minimum Gasteiger partial charge on any atom is -0.481 e. The zero-order valence-corrected chi connectivity index (χ0v) is 12.3. The highest BCUT2D eigenvalue weighted by atomic mass is 16.5. The van der Waals surface area contributed by atoms with Crippen LogP contribution in [0, 0.1) is 0 Å². The summed E-state index contributed by atoms with van der Waals surface area (Å²) in [7, 11) is 3.60. The molecule has 108 valence electrons. The zero-order valence-electron chi connectivity index (χ0n) is 12.3. The molecule has 5 heteroatoms. The Morgan fingerprint density at radius 1 is 1.45 bits per heavy atom. The van der Waals surface area contributed by atoms with E-state index in [1.807, 2.05) is 24.0 Å². The van der Waals surface area contributed by atoms with Gasteiger partial charge < -0.3 is 10.1 Å². The lowest BCUT2D eigenvalue weighted by Crippen LogP contribution is -2.22. The van der Waals surface area contributed by atoms with Crippen LogP contribution in [-0.4, -0.2) is 28.4 Å². The molecule has 2 rings (SSSR count). The van der Waals surface area contributed by atoms with E-state index in [2.05, 4.69) is 34.6 Å². The van der Waals surface area contributed by atoms with Gasteiger partial charge in [0.1, 0.15) is 0 Å². The van der Waals surface area contributed by atoms with Gasteiger partial charge in [0.25, 0.3) is 0 Å². The third-order valence-corrected chi connectivity index (χ3v) is 3.30. The molecule has 0 aliphatic rings. The van der Waals surface area contributed by atoms with Crippen molar-refractivity contribution >= 4 is 0 Å². The molecule has 0 spiro atoms. The predicted octanol–water partition coefficient (Wildman–Crippen LogP) is 2.11. The molecule has 0 amide bonds. The number of nitrogens with zero attached hydrogens (tertiary/aromatic N) is 3. The van der Waals surface area contributed by atoms with Gasteiger partial charge in [-0.25, -0.2) is 4.98 Å². The van der Waals surface area contributed by atoms with Gasteiger partial charge in [0.2, 0.25) is 5.88 Å². The van der Waals surface area contributed by atoms with Gasteiger partial charge in [-0.3, -0.25) is 4.68 Å². The summed E-state index contributed by atoms with van der Waals surface area (Å²) in [6.07, 6.45) is 7.70. The first-order chi connectivity index (χ1) is 9.74. The van der Waals surface area contributed by atoms with E-state index in [1.54, 1.807) is 13.3 Å². The third kappa shape index (κ3) is 3.57. The number of nitrogens with one attached hydrogen (secondary N) is 1. The maximum Gasteiger partial charge on any atom is 0.217 e. The molecular formula is C15H22N4O. The van der Waals surface area contributed by atoms with E-state index in [9.17, 15) is 0 Å². The summed E-state index contributed by atoms with van der Waals surface area (Å²) in [6.45, 7) is 3.02. The van der Waals surface area contributed by atoms with Crippen LogP contribution in [0.15, 0.2) is 30.7 Å². The number of rotatable bonds is 7. The number of aromatic nitrogens is 3. The summed E-state index contributed by atoms with van der Waals surface area (Å²) in [5.41, 5.74) is 2.36. The van der Waals surface area contributed by atoms with Crippen molar-refractivity contribution in [3.8, 4) is 5.88 Å². The topological polar surface area (TPSA) is 52.0 Å². The maximum atomic E-state index is 5.36. The second-order valence-electron chi connectivity index (χ2n) is 4.77. The number of hydrogen-bond donors (Lipinski definition) is 1. The van der Waals surface area contributed by atoms with Crippen molar-refractivity contribution in [1.82, 2.24) is 20.1 Å². The van der Waals surface area contributed by atoms with Gasteiger partial charge in [0.15, 0.2) is 0 Å². The smallest absolute Gasteiger partial charge is 0.217 e. The maximum absolute atomic E-state index is 5.36. The monoisotopic (exact) mass is 274 g/mol. The molecule has 5 nitrogen and oxygen atoms in total. The van der Waals surface area contributed by atoms with Crippen LogP contribution in [0.2, 0.25) is 0 Å². The highest BCUT2D eigenvalue weighted by Gasteiger charge is 2.16. The Kier molecular flexibility index (Phi) is 5.12. The number of ether oxygens (including phenoxy) is 1. The van der Waals surface area contributed by atoms with E-state index in [-0.39, 0.29) is 6.04 Å². The standard InChI is InChI=1S/C15H22N4O/c1-4-16-14(8-7-12-10-18-19(2)11-12)13-6-5-9-17-15(13)20-3/h5-6,9-11,14,16H,4,7-8H2,1-3H3. The molecule has 20 heavy (non-hydrogen) atoms. The average molecular weight is 274 g/mol. The van der Waals surface area contributed by atoms with E-state index in [0.717, 1.165) is 24.9 Å². The van der Waals surface area contributed by atoms with Crippen LogP contribution in [0.1, 0.15) is 30.5 Å². The van der Waals surface area contributed by atoms with Crippen molar-refractivity contribution in [3.05, 3.63) is 41.9 Å². The third-order valence-electron chi connectivity index (χ3n) is 3.30. The molecule has 0 aromatic carbocycles. The summed E-state index contributed by atoms with van der Waals surface area (Å²) >= 11 is 0. The molecule has 2 heterocycles. The Bertz CT molecular complexity index is 538. The van der Waals surface area contributed by atoms with Crippen molar-refractivity contribution in [2.24, 2.45) is 7.05 Å². The number of aryl methyl sites for hydroxylation is 2. The fourth-order valence-corrected chi connectivity index (χ4v) is 2.36. The summed E-state index contributed by atoms with van der Waals surface area (Å²) in [5.74, 6) is 0.699. The first kappa shape index (κ1) is 14.5. The van der Waals surface area contributed by atoms with Crippen molar-refractivity contribution < 1.29 is 4.74 Å². The fraction of sp³-hybridized carbons (Fsp3) is 0.467. The van der Waals surface area contributed by atoms with E-state index in [1.165, 1.54) is 5.56 Å². The van der Waals surface area contributed by atoms with Crippen molar-refractivity contribution in [1.29, 1.82) is 0 Å². The molecule has 0 saturated carbocycles. The lowest BCUT2D eigenvalue weighted by atomic mass is 10.0. The molecule has 0 fully saturated rings. The lowest BCUT2D eigenvalue weighted by Gasteiger charge is -2.19. The van der Waals surface area contributed by atoms with Gasteiger partial charge in [-0.15, -0.1) is 0 Å². The van der Waals surface area contributed by atoms with Gasteiger partial charge >= 0.3 is 0 Å². The fourth-order valence-electron chi connectivity index (χ4n) is 2.36. The number of hydrogen-bond acceptors (Lipinski definition) is 4. The molecule has 2 aromatic heterocycles. The summed E-state index contributed by atoms with van der Waals surface area (Å²) in [6, 6.07) is 4.26. The molecule has 2 aromatic rings. The average Bonchev–Trinajstić information content (AvgIpc) is 2.89. The molecule has 0 aliphatic carbocycles. The van der Waals surface area contributed by atoms with Gasteiger partial charge in [-0.05, 0) is 31.0 Å². The van der Waals surface area contributed by atoms with Gasteiger partial charge in [-0.2, -0.15) is 5.10 Å². The second-order valence-corrected chi connectivity index (χ2v) is 4.77. The summed E-state index contributed by atoms with van der Waals surface area (Å²) in [4.78, 5) is 4.28. The van der Waals surface area contributed by atoms with Crippen LogP contribution >= 0.6 is 0 Å². The molecule has 0 radical (unpaired) electrons. The Hall–Kier alpha value is -1.88. The Balaban J connectivity index is 2.10. The number of pyridine rings is 1. The van der Waals surface area contributed by atoms with Crippen molar-refractivity contribution in [2.75, 3.05) is 13.7 Å². The van der Waals surface area contributed by atoms with Crippen LogP contribution in [-0.2, 0) is 13.5 Å². The van der Waals surface area contributed by atoms with Crippen LogP contribution in [0.3, 0.4) is 0 Å². The Morgan fingerprint density at radius 2 is 2.30 bits per heavy atom. The van der Waals surface area contributed by atoms with Crippen molar-refractivity contribution in [3.63, 3.8) is 0 Å². The molecule has 1 N–H and O–H groups in total. The van der Waals surface area contributed by atoms with Crippen LogP contribution in [0.25, 0.3) is 0 Å². The van der Waals surface area contributed by atoms with E-state index < -0.39 is 0 Å². The van der Waals surface area contributed by atoms with Crippen LogP contribution in [0.5, 0.6) is 5.88 Å². The molecule has 1 atom stereocenters. The summed E-state index contributed by atoms with van der Waals surface area (Å²) in [5, 5.41) is 7.71. The Morgan fingerprint density at radius 3 is 2.95 bits per heavy atom. The van der Waals surface area contributed by atoms with Gasteiger partial charge in [-0.1, -0.05) is 13.0 Å². The minimum atomic E-state index is 0.240. The quantitative estimate of drug-likeness (QED) is 0.840. The van der Waals surface area contributed by atoms with Gasteiger partial charge in [0.05, 0.1) is 13.3 Å². The largest absolute Gasteiger partial charge is 0.481 e. The molecule has 0 bridgehead atoms. The van der Waals surface area contributed by atoms with Crippen molar-refractivity contribution in [2.45, 2.75) is 25.8 Å². The molecule has 0 saturated heterocycles. The zero-order chi connectivity index (χ0) is 14.4.